The molecule has 3 aliphatic heterocycles. The van der Waals surface area contributed by atoms with Gasteiger partial charge in [-0.2, -0.15) is 13.2 Å². The maximum atomic E-state index is 12.8. The summed E-state index contributed by atoms with van der Waals surface area (Å²) in [6, 6.07) is 5.14. The molecule has 19 heavy (non-hydrogen) atoms. The van der Waals surface area contributed by atoms with E-state index in [0.717, 1.165) is 38.1 Å². The van der Waals surface area contributed by atoms with Crippen LogP contribution in [-0.2, 0) is 11.8 Å². The number of hydrogen-bond donors (Lipinski definition) is 1. The minimum atomic E-state index is -4.36. The molecule has 0 amide bonds. The molecule has 3 saturated heterocycles. The first-order chi connectivity index (χ1) is 8.89. The van der Waals surface area contributed by atoms with Gasteiger partial charge in [0, 0.05) is 6.54 Å². The van der Waals surface area contributed by atoms with Crippen LogP contribution in [0.3, 0.4) is 0 Å². The summed E-state index contributed by atoms with van der Waals surface area (Å²) in [7, 11) is 0. The Balaban J connectivity index is 1.98. The molecule has 3 aliphatic rings. The van der Waals surface area contributed by atoms with Crippen LogP contribution in [0.15, 0.2) is 24.3 Å². The van der Waals surface area contributed by atoms with Gasteiger partial charge in [-0.3, -0.25) is 0 Å². The Morgan fingerprint density at radius 2 is 1.89 bits per heavy atom. The number of benzene rings is 1. The maximum Gasteiger partial charge on any atom is 0.416 e. The van der Waals surface area contributed by atoms with E-state index in [9.17, 15) is 18.3 Å². The Hall–Kier alpha value is -1.07. The van der Waals surface area contributed by atoms with Crippen molar-refractivity contribution in [2.45, 2.75) is 24.6 Å². The van der Waals surface area contributed by atoms with E-state index >= 15 is 0 Å². The second-order valence-corrected chi connectivity index (χ2v) is 5.55. The van der Waals surface area contributed by atoms with Crippen molar-refractivity contribution in [2.24, 2.45) is 5.92 Å². The summed E-state index contributed by atoms with van der Waals surface area (Å²) in [6.45, 7) is 2.32. The first-order valence-corrected chi connectivity index (χ1v) is 6.52. The summed E-state index contributed by atoms with van der Waals surface area (Å²) in [5.74, 6) is 0.0704. The lowest BCUT2D eigenvalue weighted by Crippen LogP contribution is -2.57. The molecule has 3 heterocycles. The second-order valence-electron chi connectivity index (χ2n) is 5.55. The molecule has 0 spiro atoms. The first-order valence-electron chi connectivity index (χ1n) is 6.52. The van der Waals surface area contributed by atoms with Gasteiger partial charge in [-0.05, 0) is 49.5 Å². The highest BCUT2D eigenvalue weighted by molar-refractivity contribution is 5.32. The van der Waals surface area contributed by atoms with E-state index in [4.69, 9.17) is 0 Å². The van der Waals surface area contributed by atoms with Crippen LogP contribution in [0.4, 0.5) is 13.2 Å². The third-order valence-corrected chi connectivity index (χ3v) is 4.42. The molecule has 0 saturated carbocycles. The molecule has 5 heteroatoms. The van der Waals surface area contributed by atoms with Crippen molar-refractivity contribution in [2.75, 3.05) is 19.6 Å². The molecule has 104 valence electrons. The van der Waals surface area contributed by atoms with Gasteiger partial charge in [0.05, 0.1) is 5.56 Å². The highest BCUT2D eigenvalue weighted by Gasteiger charge is 2.47. The first kappa shape index (κ1) is 12.9. The predicted octanol–water partition coefficient (Wildman–Crippen LogP) is 2.62. The van der Waals surface area contributed by atoms with Crippen LogP contribution >= 0.6 is 0 Å². The van der Waals surface area contributed by atoms with Gasteiger partial charge in [0.2, 0.25) is 0 Å². The maximum absolute atomic E-state index is 12.8. The summed E-state index contributed by atoms with van der Waals surface area (Å²) in [5.41, 5.74) is -1.41. The highest BCUT2D eigenvalue weighted by Crippen LogP contribution is 2.43. The van der Waals surface area contributed by atoms with E-state index < -0.39 is 17.3 Å². The van der Waals surface area contributed by atoms with E-state index in [2.05, 4.69) is 4.90 Å². The van der Waals surface area contributed by atoms with Crippen molar-refractivity contribution in [3.8, 4) is 0 Å². The summed E-state index contributed by atoms with van der Waals surface area (Å²) in [6.07, 6.45) is -2.65. The molecule has 0 aliphatic carbocycles. The zero-order valence-electron chi connectivity index (χ0n) is 10.5. The average molecular weight is 271 g/mol. The van der Waals surface area contributed by atoms with Gasteiger partial charge in [0.15, 0.2) is 0 Å². The zero-order chi connectivity index (χ0) is 13.7. The number of alkyl halides is 3. The number of nitrogens with zero attached hydrogens (tertiary/aromatic N) is 1. The van der Waals surface area contributed by atoms with Gasteiger partial charge >= 0.3 is 6.18 Å². The molecule has 0 aromatic heterocycles. The van der Waals surface area contributed by atoms with Crippen LogP contribution in [0.25, 0.3) is 0 Å². The fourth-order valence-electron chi connectivity index (χ4n) is 3.33. The Bertz CT molecular complexity index is 480. The van der Waals surface area contributed by atoms with Gasteiger partial charge < -0.3 is 10.0 Å². The van der Waals surface area contributed by atoms with Crippen LogP contribution < -0.4 is 0 Å². The van der Waals surface area contributed by atoms with Crippen molar-refractivity contribution < 1.29 is 18.3 Å². The minimum Gasteiger partial charge on any atom is -0.384 e. The fraction of sp³-hybridized carbons (Fsp3) is 0.571. The van der Waals surface area contributed by atoms with Crippen molar-refractivity contribution in [1.82, 2.24) is 4.90 Å². The topological polar surface area (TPSA) is 23.5 Å². The molecular formula is C14H16F3NO. The van der Waals surface area contributed by atoms with Crippen LogP contribution in [0.1, 0.15) is 24.0 Å². The van der Waals surface area contributed by atoms with Crippen molar-refractivity contribution in [3.63, 3.8) is 0 Å². The zero-order valence-corrected chi connectivity index (χ0v) is 10.5. The number of aliphatic hydroxyl groups is 1. The Labute approximate surface area is 109 Å². The minimum absolute atomic E-state index is 0.0704. The molecule has 1 atom stereocenters. The SMILES string of the molecule is OC1(c2cccc(C(F)(F)F)c2)CN2CCC1CC2. The fourth-order valence-corrected chi connectivity index (χ4v) is 3.33. The van der Waals surface area contributed by atoms with Gasteiger partial charge in [0.25, 0.3) is 0 Å². The Morgan fingerprint density at radius 3 is 2.42 bits per heavy atom. The van der Waals surface area contributed by atoms with E-state index in [1.165, 1.54) is 6.07 Å². The number of piperidine rings is 3. The van der Waals surface area contributed by atoms with Crippen LogP contribution in [0, 0.1) is 5.92 Å². The molecule has 1 aromatic rings. The molecular weight excluding hydrogens is 255 g/mol. The molecule has 1 unspecified atom stereocenters. The second kappa shape index (κ2) is 4.21. The highest BCUT2D eigenvalue weighted by atomic mass is 19.4. The summed E-state index contributed by atoms with van der Waals surface area (Å²) in [5, 5.41) is 10.8. The monoisotopic (exact) mass is 271 g/mol. The largest absolute Gasteiger partial charge is 0.416 e. The van der Waals surface area contributed by atoms with Gasteiger partial charge in [-0.1, -0.05) is 12.1 Å². The number of hydrogen-bond acceptors (Lipinski definition) is 2. The smallest absolute Gasteiger partial charge is 0.384 e. The Kier molecular flexibility index (Phi) is 2.87. The van der Waals surface area contributed by atoms with Crippen molar-refractivity contribution >= 4 is 0 Å². The average Bonchev–Trinajstić information content (AvgIpc) is 2.39. The number of fused-ring (bicyclic) bond motifs is 3. The summed E-state index contributed by atoms with van der Waals surface area (Å²) >= 11 is 0. The van der Waals surface area contributed by atoms with Gasteiger partial charge in [-0.15, -0.1) is 0 Å². The van der Waals surface area contributed by atoms with E-state index in [1.54, 1.807) is 6.07 Å². The van der Waals surface area contributed by atoms with Crippen molar-refractivity contribution in [1.29, 1.82) is 0 Å². The molecule has 1 aromatic carbocycles. The van der Waals surface area contributed by atoms with Crippen LogP contribution in [-0.4, -0.2) is 29.6 Å². The van der Waals surface area contributed by atoms with E-state index in [0.29, 0.717) is 12.1 Å². The lowest BCUT2D eigenvalue weighted by atomic mass is 9.71. The standard InChI is InChI=1S/C14H16F3NO/c15-14(16,17)12-3-1-2-11(8-12)13(19)9-18-6-4-10(13)5-7-18/h1-3,8,10,19H,4-7,9H2. The number of halogens is 3. The Morgan fingerprint density at radius 1 is 1.21 bits per heavy atom. The van der Waals surface area contributed by atoms with Gasteiger partial charge in [0.1, 0.15) is 5.60 Å². The number of rotatable bonds is 1. The third-order valence-electron chi connectivity index (χ3n) is 4.42. The van der Waals surface area contributed by atoms with Crippen molar-refractivity contribution in [3.05, 3.63) is 35.4 Å². The molecule has 4 rings (SSSR count). The molecule has 1 N–H and O–H groups in total. The van der Waals surface area contributed by atoms with Crippen LogP contribution in [0.5, 0.6) is 0 Å². The van der Waals surface area contributed by atoms with Gasteiger partial charge in [-0.25, -0.2) is 0 Å². The summed E-state index contributed by atoms with van der Waals surface area (Å²) < 4.78 is 38.3. The quantitative estimate of drug-likeness (QED) is 0.848. The van der Waals surface area contributed by atoms with Crippen LogP contribution in [0.2, 0.25) is 0 Å². The third kappa shape index (κ3) is 2.15. The van der Waals surface area contributed by atoms with E-state index in [-0.39, 0.29) is 5.92 Å². The summed E-state index contributed by atoms with van der Waals surface area (Å²) in [4.78, 5) is 2.13. The molecule has 3 fully saturated rings. The molecule has 0 radical (unpaired) electrons. The lowest BCUT2D eigenvalue weighted by Gasteiger charge is -2.50. The van der Waals surface area contributed by atoms with E-state index in [1.807, 2.05) is 0 Å². The predicted molar refractivity (Wildman–Crippen MR) is 64.5 cm³/mol. The lowest BCUT2D eigenvalue weighted by molar-refractivity contribution is -0.138. The molecule has 2 nitrogen and oxygen atoms in total. The normalized spacial score (nSPS) is 34.5. The molecule has 2 bridgehead atoms.